The van der Waals surface area contributed by atoms with E-state index in [9.17, 15) is 0 Å². The Hall–Kier alpha value is -1.16. The van der Waals surface area contributed by atoms with Crippen LogP contribution >= 0.6 is 0 Å². The SMILES string of the molecule is CCOc1nccnc1CO. The maximum atomic E-state index is 8.76. The standard InChI is InChI=1S/C7H10N2O2/c1-2-11-7-6(5-10)8-3-4-9-7/h3-4,10H,2,5H2,1H3. The van der Waals surface area contributed by atoms with E-state index in [0.717, 1.165) is 0 Å². The van der Waals surface area contributed by atoms with E-state index in [1.165, 1.54) is 12.4 Å². The van der Waals surface area contributed by atoms with Crippen LogP contribution in [0.3, 0.4) is 0 Å². The minimum Gasteiger partial charge on any atom is -0.477 e. The summed E-state index contributed by atoms with van der Waals surface area (Å²) in [5.74, 6) is 0.414. The van der Waals surface area contributed by atoms with Crippen LogP contribution in [0.4, 0.5) is 0 Å². The minimum atomic E-state index is -0.136. The number of aromatic nitrogens is 2. The quantitative estimate of drug-likeness (QED) is 0.683. The molecule has 0 atom stereocenters. The third-order valence-corrected chi connectivity index (χ3v) is 1.17. The molecule has 0 saturated heterocycles. The summed E-state index contributed by atoms with van der Waals surface area (Å²) in [6, 6.07) is 0. The third kappa shape index (κ3) is 1.88. The summed E-state index contributed by atoms with van der Waals surface area (Å²) >= 11 is 0. The van der Waals surface area contributed by atoms with Crippen LogP contribution in [-0.2, 0) is 6.61 Å². The van der Waals surface area contributed by atoms with Gasteiger partial charge in [0.1, 0.15) is 5.69 Å². The van der Waals surface area contributed by atoms with Crippen molar-refractivity contribution in [2.75, 3.05) is 6.61 Å². The molecule has 0 spiro atoms. The molecule has 60 valence electrons. The summed E-state index contributed by atoms with van der Waals surface area (Å²) in [6.07, 6.45) is 3.05. The summed E-state index contributed by atoms with van der Waals surface area (Å²) in [6.45, 7) is 2.25. The lowest BCUT2D eigenvalue weighted by molar-refractivity contribution is 0.257. The Morgan fingerprint density at radius 3 is 2.82 bits per heavy atom. The van der Waals surface area contributed by atoms with Gasteiger partial charge in [-0.3, -0.25) is 4.98 Å². The van der Waals surface area contributed by atoms with Crippen LogP contribution in [0.5, 0.6) is 5.88 Å². The van der Waals surface area contributed by atoms with Gasteiger partial charge in [-0.25, -0.2) is 4.98 Å². The van der Waals surface area contributed by atoms with E-state index in [0.29, 0.717) is 18.2 Å². The molecule has 4 nitrogen and oxygen atoms in total. The highest BCUT2D eigenvalue weighted by molar-refractivity contribution is 5.15. The molecule has 1 heterocycles. The summed E-state index contributed by atoms with van der Waals surface area (Å²) < 4.78 is 5.09. The molecule has 0 saturated carbocycles. The molecule has 0 aromatic carbocycles. The zero-order chi connectivity index (χ0) is 8.10. The van der Waals surface area contributed by atoms with Crippen LogP contribution in [0.2, 0.25) is 0 Å². The van der Waals surface area contributed by atoms with Crippen LogP contribution in [0.25, 0.3) is 0 Å². The fourth-order valence-corrected chi connectivity index (χ4v) is 0.720. The molecule has 0 fully saturated rings. The zero-order valence-electron chi connectivity index (χ0n) is 6.32. The average Bonchev–Trinajstić information content (AvgIpc) is 2.06. The van der Waals surface area contributed by atoms with Crippen LogP contribution in [-0.4, -0.2) is 21.7 Å². The number of nitrogens with zero attached hydrogens (tertiary/aromatic N) is 2. The van der Waals surface area contributed by atoms with Crippen molar-refractivity contribution in [3.8, 4) is 5.88 Å². The molecule has 0 aliphatic carbocycles. The molecule has 4 heteroatoms. The Kier molecular flexibility index (Phi) is 2.80. The predicted octanol–water partition coefficient (Wildman–Crippen LogP) is 0.368. The van der Waals surface area contributed by atoms with Crippen molar-refractivity contribution in [1.82, 2.24) is 9.97 Å². The maximum Gasteiger partial charge on any atom is 0.238 e. The lowest BCUT2D eigenvalue weighted by Crippen LogP contribution is -2.00. The van der Waals surface area contributed by atoms with E-state index < -0.39 is 0 Å². The maximum absolute atomic E-state index is 8.76. The van der Waals surface area contributed by atoms with E-state index >= 15 is 0 Å². The molecule has 0 amide bonds. The molecule has 1 aromatic rings. The first-order chi connectivity index (χ1) is 5.38. The molecular weight excluding hydrogens is 144 g/mol. The Bertz CT molecular complexity index is 227. The monoisotopic (exact) mass is 154 g/mol. The van der Waals surface area contributed by atoms with Gasteiger partial charge in [-0.1, -0.05) is 0 Å². The van der Waals surface area contributed by atoms with Gasteiger partial charge >= 0.3 is 0 Å². The van der Waals surface area contributed by atoms with Crippen molar-refractivity contribution < 1.29 is 9.84 Å². The van der Waals surface area contributed by atoms with Gasteiger partial charge in [0.15, 0.2) is 0 Å². The van der Waals surface area contributed by atoms with Gasteiger partial charge in [0.05, 0.1) is 13.2 Å². The van der Waals surface area contributed by atoms with Crippen LogP contribution in [0.1, 0.15) is 12.6 Å². The van der Waals surface area contributed by atoms with Crippen molar-refractivity contribution >= 4 is 0 Å². The highest BCUT2D eigenvalue weighted by Gasteiger charge is 2.02. The predicted molar refractivity (Wildman–Crippen MR) is 39.1 cm³/mol. The van der Waals surface area contributed by atoms with Crippen molar-refractivity contribution in [1.29, 1.82) is 0 Å². The lowest BCUT2D eigenvalue weighted by Gasteiger charge is -2.03. The van der Waals surface area contributed by atoms with E-state index in [1.807, 2.05) is 6.92 Å². The Morgan fingerprint density at radius 2 is 2.18 bits per heavy atom. The van der Waals surface area contributed by atoms with Gasteiger partial charge in [-0.2, -0.15) is 0 Å². The fraction of sp³-hybridized carbons (Fsp3) is 0.429. The van der Waals surface area contributed by atoms with Crippen molar-refractivity contribution in [2.24, 2.45) is 0 Å². The smallest absolute Gasteiger partial charge is 0.238 e. The Balaban J connectivity index is 2.83. The van der Waals surface area contributed by atoms with Gasteiger partial charge in [0.25, 0.3) is 0 Å². The Labute approximate surface area is 64.9 Å². The van der Waals surface area contributed by atoms with Crippen molar-refractivity contribution in [2.45, 2.75) is 13.5 Å². The molecule has 1 rings (SSSR count). The first-order valence-corrected chi connectivity index (χ1v) is 3.42. The van der Waals surface area contributed by atoms with Crippen molar-refractivity contribution in [3.05, 3.63) is 18.1 Å². The largest absolute Gasteiger partial charge is 0.477 e. The topological polar surface area (TPSA) is 55.2 Å². The van der Waals surface area contributed by atoms with Gasteiger partial charge < -0.3 is 9.84 Å². The normalized spacial score (nSPS) is 9.64. The van der Waals surface area contributed by atoms with Crippen molar-refractivity contribution in [3.63, 3.8) is 0 Å². The molecule has 0 aliphatic heterocycles. The first kappa shape index (κ1) is 7.94. The third-order valence-electron chi connectivity index (χ3n) is 1.17. The first-order valence-electron chi connectivity index (χ1n) is 3.42. The number of rotatable bonds is 3. The second-order valence-electron chi connectivity index (χ2n) is 1.90. The molecule has 0 bridgehead atoms. The second kappa shape index (κ2) is 3.88. The van der Waals surface area contributed by atoms with Crippen LogP contribution < -0.4 is 4.74 Å². The number of aliphatic hydroxyl groups is 1. The van der Waals surface area contributed by atoms with Gasteiger partial charge in [-0.05, 0) is 6.92 Å². The van der Waals surface area contributed by atoms with E-state index in [-0.39, 0.29) is 6.61 Å². The van der Waals surface area contributed by atoms with Gasteiger partial charge in [-0.15, -0.1) is 0 Å². The molecular formula is C7H10N2O2. The molecule has 0 aliphatic rings. The number of hydrogen-bond acceptors (Lipinski definition) is 4. The molecule has 1 N–H and O–H groups in total. The average molecular weight is 154 g/mol. The summed E-state index contributed by atoms with van der Waals surface area (Å²) in [7, 11) is 0. The molecule has 1 aromatic heterocycles. The summed E-state index contributed by atoms with van der Waals surface area (Å²) in [5, 5.41) is 8.76. The van der Waals surface area contributed by atoms with Crippen LogP contribution in [0, 0.1) is 0 Å². The number of aliphatic hydroxyl groups excluding tert-OH is 1. The molecule has 0 unspecified atom stereocenters. The molecule has 11 heavy (non-hydrogen) atoms. The van der Waals surface area contributed by atoms with E-state index in [1.54, 1.807) is 0 Å². The fourth-order valence-electron chi connectivity index (χ4n) is 0.720. The second-order valence-corrected chi connectivity index (χ2v) is 1.90. The zero-order valence-corrected chi connectivity index (χ0v) is 6.32. The summed E-state index contributed by atoms with van der Waals surface area (Å²) in [4.78, 5) is 7.77. The Morgan fingerprint density at radius 1 is 1.45 bits per heavy atom. The van der Waals surface area contributed by atoms with E-state index in [4.69, 9.17) is 9.84 Å². The minimum absolute atomic E-state index is 0.136. The highest BCUT2D eigenvalue weighted by Crippen LogP contribution is 2.09. The highest BCUT2D eigenvalue weighted by atomic mass is 16.5. The van der Waals surface area contributed by atoms with Crippen LogP contribution in [0.15, 0.2) is 12.4 Å². The van der Waals surface area contributed by atoms with E-state index in [2.05, 4.69) is 9.97 Å². The summed E-state index contributed by atoms with van der Waals surface area (Å²) in [5.41, 5.74) is 0.481. The number of hydrogen-bond donors (Lipinski definition) is 1. The van der Waals surface area contributed by atoms with Gasteiger partial charge in [0.2, 0.25) is 5.88 Å². The number of ether oxygens (including phenoxy) is 1. The lowest BCUT2D eigenvalue weighted by atomic mass is 10.4. The molecule has 0 radical (unpaired) electrons. The van der Waals surface area contributed by atoms with Gasteiger partial charge in [0, 0.05) is 12.4 Å².